The minimum absolute atomic E-state index is 0.999. The monoisotopic (exact) mass is 153 g/mol. The standard InChI is InChI=1S/C10H19N/c1-8(9-3-2-4-9)10-5-6-11-7-10/h8-11H,2-7H2,1H3/t8?,10-/m1/s1. The Morgan fingerprint density at radius 3 is 2.45 bits per heavy atom. The third-order valence-electron chi connectivity index (χ3n) is 3.74. The molecule has 2 atom stereocenters. The first-order valence-corrected chi connectivity index (χ1v) is 5.08. The van der Waals surface area contributed by atoms with E-state index in [1.807, 2.05) is 0 Å². The molecule has 2 fully saturated rings. The van der Waals surface area contributed by atoms with Gasteiger partial charge in [0.25, 0.3) is 0 Å². The zero-order chi connectivity index (χ0) is 7.68. The predicted octanol–water partition coefficient (Wildman–Crippen LogP) is 2.03. The average Bonchev–Trinajstić information content (AvgIpc) is 2.32. The largest absolute Gasteiger partial charge is 0.316 e. The van der Waals surface area contributed by atoms with E-state index in [2.05, 4.69) is 12.2 Å². The summed E-state index contributed by atoms with van der Waals surface area (Å²) >= 11 is 0. The van der Waals surface area contributed by atoms with Crippen LogP contribution < -0.4 is 5.32 Å². The van der Waals surface area contributed by atoms with Gasteiger partial charge in [0.2, 0.25) is 0 Å². The molecule has 2 aliphatic rings. The van der Waals surface area contributed by atoms with Gasteiger partial charge in [0.1, 0.15) is 0 Å². The third kappa shape index (κ3) is 1.44. The zero-order valence-corrected chi connectivity index (χ0v) is 7.47. The van der Waals surface area contributed by atoms with Crippen LogP contribution in [0.2, 0.25) is 0 Å². The van der Waals surface area contributed by atoms with Gasteiger partial charge in [-0.05, 0) is 37.3 Å². The molecule has 1 nitrogen and oxygen atoms in total. The van der Waals surface area contributed by atoms with Crippen molar-refractivity contribution in [3.05, 3.63) is 0 Å². The maximum atomic E-state index is 3.46. The molecular formula is C10H19N. The van der Waals surface area contributed by atoms with Gasteiger partial charge in [-0.3, -0.25) is 0 Å². The van der Waals surface area contributed by atoms with E-state index in [4.69, 9.17) is 0 Å². The highest BCUT2D eigenvalue weighted by Gasteiger charge is 2.30. The molecule has 1 N–H and O–H groups in total. The van der Waals surface area contributed by atoms with Crippen molar-refractivity contribution in [2.45, 2.75) is 32.6 Å². The minimum atomic E-state index is 0.999. The maximum absolute atomic E-state index is 3.46. The summed E-state index contributed by atoms with van der Waals surface area (Å²) in [6.07, 6.45) is 5.95. The Labute approximate surface area is 69.6 Å². The Hall–Kier alpha value is -0.0400. The molecule has 64 valence electrons. The van der Waals surface area contributed by atoms with E-state index in [0.717, 1.165) is 17.8 Å². The topological polar surface area (TPSA) is 12.0 Å². The molecule has 0 radical (unpaired) electrons. The van der Waals surface area contributed by atoms with Gasteiger partial charge in [-0.15, -0.1) is 0 Å². The van der Waals surface area contributed by atoms with Crippen LogP contribution in [0.1, 0.15) is 32.6 Å². The maximum Gasteiger partial charge on any atom is -0.00174 e. The van der Waals surface area contributed by atoms with Gasteiger partial charge in [0.15, 0.2) is 0 Å². The Bertz CT molecular complexity index is 123. The van der Waals surface area contributed by atoms with Crippen LogP contribution in [0.15, 0.2) is 0 Å². The van der Waals surface area contributed by atoms with E-state index in [1.54, 1.807) is 0 Å². The van der Waals surface area contributed by atoms with Crippen molar-refractivity contribution in [2.24, 2.45) is 17.8 Å². The first kappa shape index (κ1) is 7.60. The number of nitrogens with one attached hydrogen (secondary N) is 1. The van der Waals surface area contributed by atoms with Crippen LogP contribution in [-0.2, 0) is 0 Å². The molecule has 0 aromatic rings. The van der Waals surface area contributed by atoms with Crippen LogP contribution >= 0.6 is 0 Å². The Morgan fingerprint density at radius 1 is 1.18 bits per heavy atom. The fourth-order valence-corrected chi connectivity index (χ4v) is 2.48. The smallest absolute Gasteiger partial charge is 0.00174 e. The van der Waals surface area contributed by atoms with E-state index in [-0.39, 0.29) is 0 Å². The summed E-state index contributed by atoms with van der Waals surface area (Å²) in [5, 5.41) is 3.46. The fourth-order valence-electron chi connectivity index (χ4n) is 2.48. The van der Waals surface area contributed by atoms with E-state index < -0.39 is 0 Å². The lowest BCUT2D eigenvalue weighted by Crippen LogP contribution is -2.27. The van der Waals surface area contributed by atoms with Crippen molar-refractivity contribution in [2.75, 3.05) is 13.1 Å². The van der Waals surface area contributed by atoms with E-state index >= 15 is 0 Å². The predicted molar refractivity (Wildman–Crippen MR) is 47.5 cm³/mol. The zero-order valence-electron chi connectivity index (χ0n) is 7.47. The molecule has 1 aliphatic heterocycles. The molecule has 1 unspecified atom stereocenters. The molecule has 1 aliphatic carbocycles. The summed E-state index contributed by atoms with van der Waals surface area (Å²) in [4.78, 5) is 0. The molecule has 1 heteroatoms. The molecule has 0 spiro atoms. The normalized spacial score (nSPS) is 35.2. The summed E-state index contributed by atoms with van der Waals surface area (Å²) in [6.45, 7) is 5.01. The van der Waals surface area contributed by atoms with E-state index in [1.165, 1.54) is 38.8 Å². The van der Waals surface area contributed by atoms with Crippen LogP contribution in [0.4, 0.5) is 0 Å². The SMILES string of the molecule is CC(C1CCC1)[C@@H]1CCNC1. The van der Waals surface area contributed by atoms with Gasteiger partial charge in [-0.25, -0.2) is 0 Å². The second-order valence-electron chi connectivity index (χ2n) is 4.30. The van der Waals surface area contributed by atoms with Gasteiger partial charge >= 0.3 is 0 Å². The minimum Gasteiger partial charge on any atom is -0.316 e. The molecule has 1 saturated carbocycles. The van der Waals surface area contributed by atoms with Crippen LogP contribution in [0.5, 0.6) is 0 Å². The third-order valence-corrected chi connectivity index (χ3v) is 3.74. The second-order valence-corrected chi connectivity index (χ2v) is 4.30. The van der Waals surface area contributed by atoms with Crippen molar-refractivity contribution < 1.29 is 0 Å². The number of hydrogen-bond acceptors (Lipinski definition) is 1. The van der Waals surface area contributed by atoms with Crippen molar-refractivity contribution >= 4 is 0 Å². The molecule has 11 heavy (non-hydrogen) atoms. The van der Waals surface area contributed by atoms with Gasteiger partial charge < -0.3 is 5.32 Å². The lowest BCUT2D eigenvalue weighted by atomic mass is 9.71. The lowest BCUT2D eigenvalue weighted by Gasteiger charge is -2.34. The highest BCUT2D eigenvalue weighted by molar-refractivity contribution is 4.83. The summed E-state index contributed by atoms with van der Waals surface area (Å²) in [7, 11) is 0. The first-order valence-electron chi connectivity index (χ1n) is 5.08. The molecule has 0 amide bonds. The molecule has 1 saturated heterocycles. The van der Waals surface area contributed by atoms with Gasteiger partial charge in [0, 0.05) is 0 Å². The van der Waals surface area contributed by atoms with Crippen LogP contribution in [0.25, 0.3) is 0 Å². The van der Waals surface area contributed by atoms with E-state index in [9.17, 15) is 0 Å². The van der Waals surface area contributed by atoms with Crippen molar-refractivity contribution in [3.63, 3.8) is 0 Å². The van der Waals surface area contributed by atoms with Crippen LogP contribution in [-0.4, -0.2) is 13.1 Å². The Morgan fingerprint density at radius 2 is 2.00 bits per heavy atom. The summed E-state index contributed by atoms with van der Waals surface area (Å²) < 4.78 is 0. The molecule has 1 heterocycles. The highest BCUT2D eigenvalue weighted by atomic mass is 14.9. The Balaban J connectivity index is 1.82. The van der Waals surface area contributed by atoms with Crippen LogP contribution in [0, 0.1) is 17.8 Å². The van der Waals surface area contributed by atoms with Gasteiger partial charge in [-0.1, -0.05) is 26.2 Å². The first-order chi connectivity index (χ1) is 5.38. The van der Waals surface area contributed by atoms with Crippen molar-refractivity contribution in [1.82, 2.24) is 5.32 Å². The molecule has 0 bridgehead atoms. The number of rotatable bonds is 2. The summed E-state index contributed by atoms with van der Waals surface area (Å²) in [5.41, 5.74) is 0. The summed E-state index contributed by atoms with van der Waals surface area (Å²) in [5.74, 6) is 3.08. The lowest BCUT2D eigenvalue weighted by molar-refractivity contribution is 0.167. The van der Waals surface area contributed by atoms with Gasteiger partial charge in [0.05, 0.1) is 0 Å². The average molecular weight is 153 g/mol. The quantitative estimate of drug-likeness (QED) is 0.640. The number of hydrogen-bond donors (Lipinski definition) is 1. The molecule has 2 rings (SSSR count). The highest BCUT2D eigenvalue weighted by Crippen LogP contribution is 2.38. The fraction of sp³-hybridized carbons (Fsp3) is 1.00. The van der Waals surface area contributed by atoms with Crippen LogP contribution in [0.3, 0.4) is 0 Å². The molecule has 0 aromatic heterocycles. The molecule has 0 aromatic carbocycles. The van der Waals surface area contributed by atoms with E-state index in [0.29, 0.717) is 0 Å². The molecular weight excluding hydrogens is 134 g/mol. The Kier molecular flexibility index (Phi) is 2.17. The van der Waals surface area contributed by atoms with Gasteiger partial charge in [-0.2, -0.15) is 0 Å². The second kappa shape index (κ2) is 3.14. The van der Waals surface area contributed by atoms with Crippen molar-refractivity contribution in [1.29, 1.82) is 0 Å². The summed E-state index contributed by atoms with van der Waals surface area (Å²) in [6, 6.07) is 0. The van der Waals surface area contributed by atoms with Crippen molar-refractivity contribution in [3.8, 4) is 0 Å².